The van der Waals surface area contributed by atoms with Gasteiger partial charge in [-0.25, -0.2) is 0 Å². The van der Waals surface area contributed by atoms with E-state index in [4.69, 9.17) is 5.73 Å². The Hall–Kier alpha value is -1.22. The summed E-state index contributed by atoms with van der Waals surface area (Å²) in [4.78, 5) is 15.6. The lowest BCUT2D eigenvalue weighted by atomic mass is 9.99. The van der Waals surface area contributed by atoms with Gasteiger partial charge in [0.2, 0.25) is 0 Å². The molecule has 1 aromatic rings. The minimum Gasteiger partial charge on any atom is -0.321 e. The molecule has 0 aliphatic rings. The van der Waals surface area contributed by atoms with Crippen LogP contribution >= 0.6 is 0 Å². The van der Waals surface area contributed by atoms with Gasteiger partial charge in [-0.2, -0.15) is 0 Å². The van der Waals surface area contributed by atoms with Gasteiger partial charge in [0.25, 0.3) is 0 Å². The highest BCUT2D eigenvalue weighted by Gasteiger charge is 2.19. The SMILES string of the molecule is CC(C)[C@@H](N)C(=O)c1ccccn1. The van der Waals surface area contributed by atoms with Crippen LogP contribution in [-0.2, 0) is 0 Å². The molecule has 0 saturated heterocycles. The van der Waals surface area contributed by atoms with Gasteiger partial charge in [0, 0.05) is 6.20 Å². The van der Waals surface area contributed by atoms with Crippen molar-refractivity contribution in [1.82, 2.24) is 4.98 Å². The van der Waals surface area contributed by atoms with Gasteiger partial charge in [-0.1, -0.05) is 19.9 Å². The molecule has 2 N–H and O–H groups in total. The number of pyridine rings is 1. The lowest BCUT2D eigenvalue weighted by Crippen LogP contribution is -2.35. The molecular weight excluding hydrogens is 164 g/mol. The second-order valence-corrected chi connectivity index (χ2v) is 3.35. The van der Waals surface area contributed by atoms with Crippen LogP contribution in [0.25, 0.3) is 0 Å². The second kappa shape index (κ2) is 4.14. The van der Waals surface area contributed by atoms with Gasteiger partial charge in [0.1, 0.15) is 5.69 Å². The van der Waals surface area contributed by atoms with Crippen molar-refractivity contribution in [1.29, 1.82) is 0 Å². The van der Waals surface area contributed by atoms with Gasteiger partial charge in [-0.15, -0.1) is 0 Å². The molecule has 1 atom stereocenters. The number of rotatable bonds is 3. The summed E-state index contributed by atoms with van der Waals surface area (Å²) in [7, 11) is 0. The van der Waals surface area contributed by atoms with Crippen molar-refractivity contribution in [3.8, 4) is 0 Å². The molecule has 0 spiro atoms. The van der Waals surface area contributed by atoms with Gasteiger partial charge in [0.15, 0.2) is 5.78 Å². The number of hydrogen-bond acceptors (Lipinski definition) is 3. The Labute approximate surface area is 78.0 Å². The third kappa shape index (κ3) is 2.36. The molecule has 13 heavy (non-hydrogen) atoms. The zero-order valence-electron chi connectivity index (χ0n) is 7.90. The second-order valence-electron chi connectivity index (χ2n) is 3.35. The highest BCUT2D eigenvalue weighted by Crippen LogP contribution is 2.05. The van der Waals surface area contributed by atoms with E-state index in [1.165, 1.54) is 0 Å². The fourth-order valence-corrected chi connectivity index (χ4v) is 0.982. The van der Waals surface area contributed by atoms with Crippen LogP contribution in [0, 0.1) is 5.92 Å². The van der Waals surface area contributed by atoms with Crippen molar-refractivity contribution >= 4 is 5.78 Å². The van der Waals surface area contributed by atoms with Crippen molar-refractivity contribution in [2.75, 3.05) is 0 Å². The Bertz CT molecular complexity index is 282. The number of nitrogens with two attached hydrogens (primary N) is 1. The van der Waals surface area contributed by atoms with Crippen LogP contribution in [0.1, 0.15) is 24.3 Å². The Balaban J connectivity index is 2.80. The van der Waals surface area contributed by atoms with Gasteiger partial charge >= 0.3 is 0 Å². The Morgan fingerprint density at radius 3 is 2.62 bits per heavy atom. The molecule has 0 bridgehead atoms. The molecule has 1 heterocycles. The molecule has 0 fully saturated rings. The maximum Gasteiger partial charge on any atom is 0.198 e. The summed E-state index contributed by atoms with van der Waals surface area (Å²) in [6.45, 7) is 3.84. The monoisotopic (exact) mass is 178 g/mol. The smallest absolute Gasteiger partial charge is 0.198 e. The summed E-state index contributed by atoms with van der Waals surface area (Å²) in [6.07, 6.45) is 1.60. The lowest BCUT2D eigenvalue weighted by molar-refractivity contribution is 0.0935. The van der Waals surface area contributed by atoms with Crippen molar-refractivity contribution in [3.63, 3.8) is 0 Å². The van der Waals surface area contributed by atoms with E-state index in [-0.39, 0.29) is 11.7 Å². The Morgan fingerprint density at radius 1 is 1.46 bits per heavy atom. The van der Waals surface area contributed by atoms with Crippen LogP contribution in [0.5, 0.6) is 0 Å². The first kappa shape index (κ1) is 9.86. The molecule has 0 aromatic carbocycles. The number of hydrogen-bond donors (Lipinski definition) is 1. The van der Waals surface area contributed by atoms with E-state index >= 15 is 0 Å². The van der Waals surface area contributed by atoms with Crippen LogP contribution in [0.4, 0.5) is 0 Å². The van der Waals surface area contributed by atoms with Gasteiger partial charge in [-0.3, -0.25) is 9.78 Å². The number of carbonyl (C=O) groups is 1. The van der Waals surface area contributed by atoms with Crippen LogP contribution in [-0.4, -0.2) is 16.8 Å². The first-order valence-corrected chi connectivity index (χ1v) is 4.33. The maximum atomic E-state index is 11.6. The topological polar surface area (TPSA) is 56.0 Å². The molecule has 0 aliphatic heterocycles. The predicted octanol–water partition coefficient (Wildman–Crippen LogP) is 1.25. The summed E-state index contributed by atoms with van der Waals surface area (Å²) in [6, 6.07) is 4.80. The molecule has 70 valence electrons. The number of nitrogens with zero attached hydrogens (tertiary/aromatic N) is 1. The number of aromatic nitrogens is 1. The van der Waals surface area contributed by atoms with Crippen molar-refractivity contribution in [3.05, 3.63) is 30.1 Å². The first-order valence-electron chi connectivity index (χ1n) is 4.33. The standard InChI is InChI=1S/C10H14N2O/c1-7(2)9(11)10(13)8-5-3-4-6-12-8/h3-7,9H,11H2,1-2H3/t9-/m1/s1. The molecule has 0 amide bonds. The lowest BCUT2D eigenvalue weighted by Gasteiger charge is -2.12. The number of Topliss-reactive ketones (excluding diaryl/α,β-unsaturated/α-hetero) is 1. The van der Waals surface area contributed by atoms with Crippen molar-refractivity contribution in [2.45, 2.75) is 19.9 Å². The summed E-state index contributed by atoms with van der Waals surface area (Å²) in [5.41, 5.74) is 6.15. The van der Waals surface area contributed by atoms with Crippen LogP contribution in [0.2, 0.25) is 0 Å². The molecule has 0 saturated carbocycles. The van der Waals surface area contributed by atoms with Crippen LogP contribution in [0.15, 0.2) is 24.4 Å². The summed E-state index contributed by atoms with van der Waals surface area (Å²) in [5, 5.41) is 0. The van der Waals surface area contributed by atoms with Gasteiger partial charge in [0.05, 0.1) is 6.04 Å². The van der Waals surface area contributed by atoms with Gasteiger partial charge in [-0.05, 0) is 18.1 Å². The minimum absolute atomic E-state index is 0.0874. The van der Waals surface area contributed by atoms with E-state index in [0.717, 1.165) is 0 Å². The third-order valence-corrected chi connectivity index (χ3v) is 1.94. The molecule has 0 unspecified atom stereocenters. The molecule has 3 heteroatoms. The van der Waals surface area contributed by atoms with Crippen molar-refractivity contribution in [2.24, 2.45) is 11.7 Å². The van der Waals surface area contributed by atoms with E-state index in [1.54, 1.807) is 24.4 Å². The number of ketones is 1. The zero-order chi connectivity index (χ0) is 9.84. The van der Waals surface area contributed by atoms with Crippen LogP contribution < -0.4 is 5.73 Å². The quantitative estimate of drug-likeness (QED) is 0.708. The fourth-order valence-electron chi connectivity index (χ4n) is 0.982. The molecule has 1 aromatic heterocycles. The summed E-state index contributed by atoms with van der Waals surface area (Å²) < 4.78 is 0. The zero-order valence-corrected chi connectivity index (χ0v) is 7.90. The van der Waals surface area contributed by atoms with E-state index in [1.807, 2.05) is 13.8 Å². The molecule has 0 radical (unpaired) electrons. The minimum atomic E-state index is -0.449. The highest BCUT2D eigenvalue weighted by atomic mass is 16.1. The molecular formula is C10H14N2O. The van der Waals surface area contributed by atoms with Crippen LogP contribution in [0.3, 0.4) is 0 Å². The highest BCUT2D eigenvalue weighted by molar-refractivity contribution is 5.98. The van der Waals surface area contributed by atoms with E-state index < -0.39 is 6.04 Å². The summed E-state index contributed by atoms with van der Waals surface area (Å²) >= 11 is 0. The van der Waals surface area contributed by atoms with Crippen molar-refractivity contribution < 1.29 is 4.79 Å². The Morgan fingerprint density at radius 2 is 2.15 bits per heavy atom. The third-order valence-electron chi connectivity index (χ3n) is 1.94. The molecule has 1 rings (SSSR count). The predicted molar refractivity (Wildman–Crippen MR) is 51.4 cm³/mol. The first-order chi connectivity index (χ1) is 6.13. The molecule has 3 nitrogen and oxygen atoms in total. The normalized spacial score (nSPS) is 12.9. The fraction of sp³-hybridized carbons (Fsp3) is 0.400. The van der Waals surface area contributed by atoms with E-state index in [2.05, 4.69) is 4.98 Å². The van der Waals surface area contributed by atoms with Gasteiger partial charge < -0.3 is 5.73 Å². The Kier molecular flexibility index (Phi) is 3.14. The largest absolute Gasteiger partial charge is 0.321 e. The van der Waals surface area contributed by atoms with E-state index in [9.17, 15) is 4.79 Å². The van der Waals surface area contributed by atoms with E-state index in [0.29, 0.717) is 5.69 Å². The molecule has 0 aliphatic carbocycles. The summed E-state index contributed by atoms with van der Waals surface area (Å²) in [5.74, 6) is 0.0603. The maximum absolute atomic E-state index is 11.6. The average molecular weight is 178 g/mol. The number of carbonyl (C=O) groups excluding carboxylic acids is 1. The average Bonchev–Trinajstić information content (AvgIpc) is 2.17.